The van der Waals surface area contributed by atoms with Gasteiger partial charge in [-0.15, -0.1) is 11.6 Å². The topological polar surface area (TPSA) is 46.6 Å². The van der Waals surface area contributed by atoms with Crippen LogP contribution in [-0.2, 0) is 4.79 Å². The number of halogens is 1. The maximum Gasteiger partial charge on any atom is 0.268 e. The summed E-state index contributed by atoms with van der Waals surface area (Å²) < 4.78 is 5.66. The molecule has 4 nitrogen and oxygen atoms in total. The number of nitrogens with zero attached hydrogens (tertiary/aromatic N) is 1. The van der Waals surface area contributed by atoms with Gasteiger partial charge in [0.15, 0.2) is 11.9 Å². The molecule has 1 aliphatic rings. The summed E-state index contributed by atoms with van der Waals surface area (Å²) in [6, 6.07) is 5.08. The molecule has 1 heterocycles. The first-order valence-corrected chi connectivity index (χ1v) is 6.87. The van der Waals surface area contributed by atoms with Crippen LogP contribution in [0.5, 0.6) is 5.75 Å². The average Bonchev–Trinajstić information content (AvgIpc) is 2.45. The van der Waals surface area contributed by atoms with Crippen LogP contribution in [0.3, 0.4) is 0 Å². The van der Waals surface area contributed by atoms with Crippen LogP contribution in [0, 0.1) is 0 Å². The number of rotatable bonds is 4. The van der Waals surface area contributed by atoms with Gasteiger partial charge in [0.1, 0.15) is 5.75 Å². The number of fused-ring (bicyclic) bond motifs is 1. The number of amides is 1. The molecule has 2 rings (SSSR count). The summed E-state index contributed by atoms with van der Waals surface area (Å²) in [5.74, 6) is 0.343. The summed E-state index contributed by atoms with van der Waals surface area (Å²) in [6.07, 6.45) is 0.180. The van der Waals surface area contributed by atoms with E-state index in [9.17, 15) is 9.59 Å². The zero-order valence-electron chi connectivity index (χ0n) is 11.0. The Balaban J connectivity index is 2.45. The summed E-state index contributed by atoms with van der Waals surface area (Å²) in [6.45, 7) is 4.35. The van der Waals surface area contributed by atoms with Crippen molar-refractivity contribution in [3.05, 3.63) is 23.8 Å². The van der Waals surface area contributed by atoms with E-state index in [1.165, 1.54) is 0 Å². The van der Waals surface area contributed by atoms with Crippen molar-refractivity contribution in [2.45, 2.75) is 26.4 Å². The van der Waals surface area contributed by atoms with Crippen molar-refractivity contribution in [2.24, 2.45) is 0 Å². The second-order valence-electron chi connectivity index (χ2n) is 4.34. The number of anilines is 1. The predicted molar refractivity (Wildman–Crippen MR) is 74.2 cm³/mol. The van der Waals surface area contributed by atoms with Crippen LogP contribution in [0.4, 0.5) is 5.69 Å². The van der Waals surface area contributed by atoms with E-state index in [4.69, 9.17) is 16.3 Å². The zero-order chi connectivity index (χ0) is 14.0. The highest BCUT2D eigenvalue weighted by atomic mass is 35.5. The number of ether oxygens (including phenoxy) is 1. The standard InChI is InChI=1S/C14H16ClNO3/c1-3-12-14(18)16(4-2)10-7-9(11(17)8-15)5-6-13(10)19-12/h5-7,12H,3-4,8H2,1-2H3. The first-order valence-electron chi connectivity index (χ1n) is 6.33. The second kappa shape index (κ2) is 5.61. The van der Waals surface area contributed by atoms with Gasteiger partial charge in [0.25, 0.3) is 5.91 Å². The van der Waals surface area contributed by atoms with Crippen LogP contribution in [-0.4, -0.2) is 30.2 Å². The number of carbonyl (C=O) groups excluding carboxylic acids is 2. The Kier molecular flexibility index (Phi) is 4.10. The van der Waals surface area contributed by atoms with Gasteiger partial charge in [0.05, 0.1) is 11.6 Å². The fraction of sp³-hybridized carbons (Fsp3) is 0.429. The van der Waals surface area contributed by atoms with Gasteiger partial charge in [0, 0.05) is 12.1 Å². The largest absolute Gasteiger partial charge is 0.478 e. The lowest BCUT2D eigenvalue weighted by molar-refractivity contribution is -0.126. The van der Waals surface area contributed by atoms with Gasteiger partial charge in [0.2, 0.25) is 0 Å². The number of ketones is 1. The molecule has 0 bridgehead atoms. The Morgan fingerprint density at radius 2 is 2.16 bits per heavy atom. The van der Waals surface area contributed by atoms with E-state index in [0.29, 0.717) is 30.0 Å². The van der Waals surface area contributed by atoms with Crippen molar-refractivity contribution in [3.63, 3.8) is 0 Å². The van der Waals surface area contributed by atoms with Crippen LogP contribution >= 0.6 is 11.6 Å². The van der Waals surface area contributed by atoms with Crippen molar-refractivity contribution >= 4 is 29.0 Å². The maximum absolute atomic E-state index is 12.2. The van der Waals surface area contributed by atoms with E-state index < -0.39 is 6.10 Å². The van der Waals surface area contributed by atoms with Gasteiger partial charge < -0.3 is 9.64 Å². The van der Waals surface area contributed by atoms with Gasteiger partial charge >= 0.3 is 0 Å². The maximum atomic E-state index is 12.2. The van der Waals surface area contributed by atoms with Crippen molar-refractivity contribution in [1.29, 1.82) is 0 Å². The summed E-state index contributed by atoms with van der Waals surface area (Å²) in [4.78, 5) is 25.5. The molecule has 102 valence electrons. The molecule has 19 heavy (non-hydrogen) atoms. The minimum Gasteiger partial charge on any atom is -0.478 e. The van der Waals surface area contributed by atoms with Gasteiger partial charge in [-0.1, -0.05) is 6.92 Å². The highest BCUT2D eigenvalue weighted by Crippen LogP contribution is 2.35. The third-order valence-corrected chi connectivity index (χ3v) is 3.43. The number of benzene rings is 1. The summed E-state index contributed by atoms with van der Waals surface area (Å²) in [5.41, 5.74) is 1.15. The Morgan fingerprint density at radius 3 is 2.74 bits per heavy atom. The Morgan fingerprint density at radius 1 is 1.42 bits per heavy atom. The zero-order valence-corrected chi connectivity index (χ0v) is 11.7. The van der Waals surface area contributed by atoms with Crippen LogP contribution < -0.4 is 9.64 Å². The Bertz CT molecular complexity index is 515. The third-order valence-electron chi connectivity index (χ3n) is 3.19. The molecular weight excluding hydrogens is 266 g/mol. The van der Waals surface area contributed by atoms with Crippen molar-refractivity contribution in [2.75, 3.05) is 17.3 Å². The fourth-order valence-electron chi connectivity index (χ4n) is 2.16. The van der Waals surface area contributed by atoms with Gasteiger partial charge in [-0.05, 0) is 31.5 Å². The van der Waals surface area contributed by atoms with E-state index in [1.807, 2.05) is 13.8 Å². The Hall–Kier alpha value is -1.55. The molecule has 1 aliphatic heterocycles. The number of hydrogen-bond acceptors (Lipinski definition) is 3. The van der Waals surface area contributed by atoms with Crippen LogP contribution in [0.15, 0.2) is 18.2 Å². The Labute approximate surface area is 117 Å². The van der Waals surface area contributed by atoms with E-state index in [1.54, 1.807) is 23.1 Å². The summed E-state index contributed by atoms with van der Waals surface area (Å²) in [5, 5.41) is 0. The highest BCUT2D eigenvalue weighted by molar-refractivity contribution is 6.30. The number of likely N-dealkylation sites (N-methyl/N-ethyl adjacent to an activating group) is 1. The lowest BCUT2D eigenvalue weighted by Crippen LogP contribution is -2.45. The normalized spacial score (nSPS) is 17.9. The lowest BCUT2D eigenvalue weighted by Gasteiger charge is -2.33. The molecule has 1 atom stereocenters. The minimum absolute atomic E-state index is 0.0621. The van der Waals surface area contributed by atoms with E-state index in [0.717, 1.165) is 0 Å². The third kappa shape index (κ3) is 2.45. The average molecular weight is 282 g/mol. The van der Waals surface area contributed by atoms with E-state index >= 15 is 0 Å². The fourth-order valence-corrected chi connectivity index (χ4v) is 2.31. The van der Waals surface area contributed by atoms with Crippen LogP contribution in [0.25, 0.3) is 0 Å². The smallest absolute Gasteiger partial charge is 0.268 e. The number of carbonyl (C=O) groups is 2. The van der Waals surface area contributed by atoms with E-state index in [2.05, 4.69) is 0 Å². The molecule has 0 N–H and O–H groups in total. The number of Topliss-reactive ketones (excluding diaryl/α,β-unsaturated/α-hetero) is 1. The number of hydrogen-bond donors (Lipinski definition) is 0. The van der Waals surface area contributed by atoms with Gasteiger partial charge in [-0.3, -0.25) is 9.59 Å². The minimum atomic E-state index is -0.443. The van der Waals surface area contributed by atoms with Crippen molar-refractivity contribution in [3.8, 4) is 5.75 Å². The molecule has 1 unspecified atom stereocenters. The molecule has 5 heteroatoms. The molecule has 0 radical (unpaired) electrons. The number of alkyl halides is 1. The molecule has 0 aromatic heterocycles. The first-order chi connectivity index (χ1) is 9.12. The quantitative estimate of drug-likeness (QED) is 0.630. The van der Waals surface area contributed by atoms with Crippen LogP contribution in [0.1, 0.15) is 30.6 Å². The molecule has 1 amide bonds. The molecule has 0 spiro atoms. The van der Waals surface area contributed by atoms with Gasteiger partial charge in [-0.25, -0.2) is 0 Å². The highest BCUT2D eigenvalue weighted by Gasteiger charge is 2.32. The summed E-state index contributed by atoms with van der Waals surface area (Å²) in [7, 11) is 0. The molecule has 0 aliphatic carbocycles. The second-order valence-corrected chi connectivity index (χ2v) is 4.60. The predicted octanol–water partition coefficient (Wildman–Crippen LogP) is 2.63. The lowest BCUT2D eigenvalue weighted by atomic mass is 10.1. The first kappa shape index (κ1) is 13.9. The van der Waals surface area contributed by atoms with Crippen molar-refractivity contribution in [1.82, 2.24) is 0 Å². The molecule has 0 saturated heterocycles. The van der Waals surface area contributed by atoms with Gasteiger partial charge in [-0.2, -0.15) is 0 Å². The molecule has 1 aromatic rings. The summed E-state index contributed by atoms with van der Waals surface area (Å²) >= 11 is 5.55. The SMILES string of the molecule is CCC1Oc2ccc(C(=O)CCl)cc2N(CC)C1=O. The monoisotopic (exact) mass is 281 g/mol. The molecule has 0 fully saturated rings. The molecular formula is C14H16ClNO3. The molecule has 1 aromatic carbocycles. The van der Waals surface area contributed by atoms with Crippen molar-refractivity contribution < 1.29 is 14.3 Å². The van der Waals surface area contributed by atoms with Crippen LogP contribution in [0.2, 0.25) is 0 Å². The molecule has 0 saturated carbocycles. The van der Waals surface area contributed by atoms with E-state index in [-0.39, 0.29) is 17.6 Å².